The average Bonchev–Trinajstić information content (AvgIpc) is 3.61. The minimum atomic E-state index is -1.24. The molecule has 0 aliphatic carbocycles. The highest BCUT2D eigenvalue weighted by atomic mass is 16.6. The minimum Gasteiger partial charge on any atom is -0.431 e. The third kappa shape index (κ3) is 19.1. The molecule has 2 heterocycles. The number of hydrogen-bond acceptors (Lipinski definition) is 13. The topological polar surface area (TPSA) is 280 Å². The van der Waals surface area contributed by atoms with Crippen molar-refractivity contribution in [3.63, 3.8) is 0 Å². The van der Waals surface area contributed by atoms with Crippen LogP contribution in [0.2, 0.25) is 0 Å². The third-order valence-electron chi connectivity index (χ3n) is 11.6. The number of carbonyl (C=O) groups excluding carboxylic acids is 9. The normalized spacial score (nSPS) is 16.0. The third-order valence-corrected chi connectivity index (χ3v) is 11.6. The van der Waals surface area contributed by atoms with Crippen LogP contribution in [0.3, 0.4) is 0 Å². The number of primary amides is 1. The van der Waals surface area contributed by atoms with E-state index in [1.807, 2.05) is 27.8 Å². The van der Waals surface area contributed by atoms with E-state index in [1.165, 1.54) is 4.90 Å². The SMILES string of the molecule is CC(C)[C@H](NC(=O)CCOCCOCCNC(=O)CCN1C(=O)CCC1=O)C(=O)N[C@@H](CCCNC(N)=O)C(=O)Nc1ccc(C(OC(=O)N(C)[C@H](C)C(C)C)C(=O)N2CCN(C)CC2)cc1. The van der Waals surface area contributed by atoms with Crippen molar-refractivity contribution in [1.29, 1.82) is 0 Å². The van der Waals surface area contributed by atoms with Gasteiger partial charge in [-0.3, -0.25) is 38.5 Å². The number of likely N-dealkylation sites (N-methyl/N-ethyl adjacent to an activating group) is 1. The van der Waals surface area contributed by atoms with E-state index in [4.69, 9.17) is 19.9 Å². The molecule has 1 aromatic carbocycles. The fourth-order valence-corrected chi connectivity index (χ4v) is 6.97. The first-order chi connectivity index (χ1) is 31.8. The molecule has 374 valence electrons. The first kappa shape index (κ1) is 55.5. The number of hydrogen-bond donors (Lipinski definition) is 6. The molecule has 22 heteroatoms. The summed E-state index contributed by atoms with van der Waals surface area (Å²) in [6.45, 7) is 12.6. The van der Waals surface area contributed by atoms with Crippen molar-refractivity contribution in [2.45, 2.75) is 97.4 Å². The molecule has 0 radical (unpaired) electrons. The monoisotopic (exact) mass is 945 g/mol. The molecule has 2 fully saturated rings. The second-order valence-electron chi connectivity index (χ2n) is 17.4. The van der Waals surface area contributed by atoms with Gasteiger partial charge in [0, 0.05) is 95.8 Å². The first-order valence-electron chi connectivity index (χ1n) is 23.0. The molecule has 1 aromatic rings. The predicted octanol–water partition coefficient (Wildman–Crippen LogP) is 0.706. The number of rotatable bonds is 27. The molecule has 2 saturated heterocycles. The summed E-state index contributed by atoms with van der Waals surface area (Å²) in [6, 6.07) is 3.31. The summed E-state index contributed by atoms with van der Waals surface area (Å²) in [5.41, 5.74) is 5.95. The second-order valence-corrected chi connectivity index (χ2v) is 17.4. The van der Waals surface area contributed by atoms with Crippen molar-refractivity contribution >= 4 is 59.2 Å². The number of anilines is 1. The summed E-state index contributed by atoms with van der Waals surface area (Å²) in [5.74, 6) is -3.09. The lowest BCUT2D eigenvalue weighted by Gasteiger charge is -2.35. The van der Waals surface area contributed by atoms with Gasteiger partial charge in [-0.25, -0.2) is 9.59 Å². The summed E-state index contributed by atoms with van der Waals surface area (Å²) in [6.07, 6.45) is -1.24. The van der Waals surface area contributed by atoms with E-state index in [2.05, 4.69) is 31.5 Å². The van der Waals surface area contributed by atoms with E-state index in [-0.39, 0.29) is 126 Å². The van der Waals surface area contributed by atoms with E-state index in [1.54, 1.807) is 50.1 Å². The highest BCUT2D eigenvalue weighted by Crippen LogP contribution is 2.25. The van der Waals surface area contributed by atoms with Crippen LogP contribution in [0.1, 0.15) is 84.8 Å². The largest absolute Gasteiger partial charge is 0.431 e. The van der Waals surface area contributed by atoms with Gasteiger partial charge < -0.3 is 61.2 Å². The molecule has 10 amide bonds. The molecule has 1 unspecified atom stereocenters. The van der Waals surface area contributed by atoms with Gasteiger partial charge in [0.2, 0.25) is 41.5 Å². The van der Waals surface area contributed by atoms with E-state index >= 15 is 0 Å². The number of benzene rings is 1. The molecule has 3 rings (SSSR count). The molecule has 0 aromatic heterocycles. The molecule has 0 bridgehead atoms. The smallest absolute Gasteiger partial charge is 0.410 e. The van der Waals surface area contributed by atoms with Gasteiger partial charge in [-0.05, 0) is 50.8 Å². The zero-order valence-electron chi connectivity index (χ0n) is 40.1. The molecule has 7 N–H and O–H groups in total. The molecule has 67 heavy (non-hydrogen) atoms. The fourth-order valence-electron chi connectivity index (χ4n) is 6.97. The Morgan fingerprint density at radius 3 is 1.97 bits per heavy atom. The molecule has 22 nitrogen and oxygen atoms in total. The van der Waals surface area contributed by atoms with Gasteiger partial charge in [0.15, 0.2) is 0 Å². The number of urea groups is 1. The van der Waals surface area contributed by atoms with Crippen molar-refractivity contribution in [1.82, 2.24) is 40.9 Å². The number of nitrogens with zero attached hydrogens (tertiary/aromatic N) is 4. The Bertz CT molecular complexity index is 1820. The van der Waals surface area contributed by atoms with E-state index in [0.29, 0.717) is 37.4 Å². The Morgan fingerprint density at radius 2 is 1.37 bits per heavy atom. The number of ether oxygens (including phenoxy) is 3. The Hall–Kier alpha value is -5.87. The van der Waals surface area contributed by atoms with Crippen molar-refractivity contribution in [2.24, 2.45) is 17.6 Å². The molecule has 2 aliphatic rings. The van der Waals surface area contributed by atoms with Crippen LogP contribution in [0.15, 0.2) is 24.3 Å². The number of amides is 10. The van der Waals surface area contributed by atoms with Crippen LogP contribution in [0, 0.1) is 11.8 Å². The van der Waals surface area contributed by atoms with E-state index < -0.39 is 48.0 Å². The molecule has 4 atom stereocenters. The van der Waals surface area contributed by atoms with Crippen LogP contribution >= 0.6 is 0 Å². The maximum absolute atomic E-state index is 13.9. The van der Waals surface area contributed by atoms with Crippen molar-refractivity contribution in [2.75, 3.05) is 91.7 Å². The Balaban J connectivity index is 1.54. The molecule has 0 spiro atoms. The lowest BCUT2D eigenvalue weighted by molar-refractivity contribution is -0.143. The fraction of sp³-hybridized carbons (Fsp3) is 0.667. The molecular weight excluding hydrogens is 873 g/mol. The van der Waals surface area contributed by atoms with Crippen LogP contribution in [-0.2, 0) is 47.8 Å². The lowest BCUT2D eigenvalue weighted by Crippen LogP contribution is -2.54. The van der Waals surface area contributed by atoms with Gasteiger partial charge in [-0.2, -0.15) is 0 Å². The van der Waals surface area contributed by atoms with Crippen LogP contribution in [-0.4, -0.2) is 178 Å². The van der Waals surface area contributed by atoms with Gasteiger partial charge >= 0.3 is 12.1 Å². The first-order valence-corrected chi connectivity index (χ1v) is 23.0. The van der Waals surface area contributed by atoms with Crippen LogP contribution < -0.4 is 32.3 Å². The molecule has 0 saturated carbocycles. The lowest BCUT2D eigenvalue weighted by atomic mass is 10.0. The Kier molecular flexibility index (Phi) is 23.5. The number of imide groups is 1. The predicted molar refractivity (Wildman–Crippen MR) is 246 cm³/mol. The highest BCUT2D eigenvalue weighted by Gasteiger charge is 2.34. The molecular formula is C45H72N10O12. The van der Waals surface area contributed by atoms with E-state index in [9.17, 15) is 43.2 Å². The van der Waals surface area contributed by atoms with Crippen molar-refractivity contribution in [3.8, 4) is 0 Å². The van der Waals surface area contributed by atoms with Gasteiger partial charge in [0.05, 0.1) is 26.4 Å². The molecule has 2 aliphatic heterocycles. The van der Waals surface area contributed by atoms with Gasteiger partial charge in [-0.1, -0.05) is 39.8 Å². The van der Waals surface area contributed by atoms with Gasteiger partial charge in [0.1, 0.15) is 12.1 Å². The summed E-state index contributed by atoms with van der Waals surface area (Å²) in [5, 5.41) is 13.4. The number of likely N-dealkylation sites (tertiary alicyclic amines) is 1. The number of carbonyl (C=O) groups is 9. The van der Waals surface area contributed by atoms with Crippen LogP contribution in [0.4, 0.5) is 15.3 Å². The Morgan fingerprint density at radius 1 is 0.746 bits per heavy atom. The maximum Gasteiger partial charge on any atom is 0.410 e. The second kappa shape index (κ2) is 28.3. The van der Waals surface area contributed by atoms with Gasteiger partial charge in [0.25, 0.3) is 5.91 Å². The van der Waals surface area contributed by atoms with Crippen molar-refractivity contribution in [3.05, 3.63) is 29.8 Å². The zero-order chi connectivity index (χ0) is 49.6. The number of piperazine rings is 1. The number of nitrogens with two attached hydrogens (primary N) is 1. The number of nitrogens with one attached hydrogen (secondary N) is 5. The van der Waals surface area contributed by atoms with Crippen LogP contribution in [0.25, 0.3) is 0 Å². The Labute approximate surface area is 393 Å². The summed E-state index contributed by atoms with van der Waals surface area (Å²) in [7, 11) is 3.60. The van der Waals surface area contributed by atoms with Crippen molar-refractivity contribution < 1.29 is 57.4 Å². The summed E-state index contributed by atoms with van der Waals surface area (Å²) < 4.78 is 16.8. The van der Waals surface area contributed by atoms with E-state index in [0.717, 1.165) is 4.90 Å². The standard InChI is InChI=1S/C45H72N10O12/c1-29(2)31(5)53(7)45(64)67-40(43(62)54-23-21-52(6)22-24-54)32-10-12-33(13-11-32)49-41(60)34(9-8-18-48-44(46)63)50-42(61)39(30(3)4)51-36(57)17-25-65-27-28-66-26-19-47-35(56)16-20-55-37(58)14-15-38(55)59/h10-13,29-31,34,39-40H,8-9,14-28H2,1-7H3,(H,47,56)(H,49,60)(H,50,61)(H,51,57)(H3,46,48,63)/t31-,34+,39+,40?/m1/s1. The van der Waals surface area contributed by atoms with Gasteiger partial charge in [-0.15, -0.1) is 0 Å². The summed E-state index contributed by atoms with van der Waals surface area (Å²) >= 11 is 0. The summed E-state index contributed by atoms with van der Waals surface area (Å²) in [4.78, 5) is 120. The zero-order valence-corrected chi connectivity index (χ0v) is 40.1. The quantitative estimate of drug-likeness (QED) is 0.0525. The maximum atomic E-state index is 13.9. The van der Waals surface area contributed by atoms with Crippen LogP contribution in [0.5, 0.6) is 0 Å². The highest BCUT2D eigenvalue weighted by molar-refractivity contribution is 6.02. The minimum absolute atomic E-state index is 0.00705. The average molecular weight is 945 g/mol.